The maximum atomic E-state index is 6.08. The molecule has 3 rings (SSSR count). The fourth-order valence-corrected chi connectivity index (χ4v) is 2.82. The van der Waals surface area contributed by atoms with Crippen LogP contribution in [0.3, 0.4) is 0 Å². The summed E-state index contributed by atoms with van der Waals surface area (Å²) in [4.78, 5) is 0. The average Bonchev–Trinajstić information content (AvgIpc) is 3.08. The minimum atomic E-state index is 0.493. The van der Waals surface area contributed by atoms with Crippen LogP contribution in [0.25, 0.3) is 5.69 Å². The predicted molar refractivity (Wildman–Crippen MR) is 98.6 cm³/mol. The summed E-state index contributed by atoms with van der Waals surface area (Å²) in [7, 11) is 1.84. The zero-order chi connectivity index (χ0) is 17.1. The van der Waals surface area contributed by atoms with Crippen molar-refractivity contribution in [2.24, 2.45) is 5.84 Å². The molecule has 0 bridgehead atoms. The van der Waals surface area contributed by atoms with Crippen molar-refractivity contribution < 1.29 is 4.74 Å². The molecule has 0 fully saturated rings. The smallest absolute Gasteiger partial charge is 0.122 e. The van der Waals surface area contributed by atoms with Crippen LogP contribution >= 0.6 is 0 Å². The lowest BCUT2D eigenvalue weighted by Crippen LogP contribution is -2.26. The van der Waals surface area contributed by atoms with E-state index in [0.717, 1.165) is 28.3 Å². The van der Waals surface area contributed by atoms with E-state index in [0.29, 0.717) is 6.61 Å². The molecule has 4 nitrogen and oxygen atoms in total. The molecule has 1 aromatic heterocycles. The van der Waals surface area contributed by atoms with Crippen LogP contribution < -0.4 is 15.6 Å². The largest absolute Gasteiger partial charge is 0.489 e. The molecule has 124 valence electrons. The van der Waals surface area contributed by atoms with Crippen LogP contribution in [0, 0.1) is 13.8 Å². The van der Waals surface area contributed by atoms with Crippen LogP contribution in [0.4, 0.5) is 5.69 Å². The lowest BCUT2D eigenvalue weighted by molar-refractivity contribution is 0.303. The topological polar surface area (TPSA) is 43.4 Å². The number of benzene rings is 2. The van der Waals surface area contributed by atoms with Gasteiger partial charge in [-0.25, -0.2) is 5.84 Å². The van der Waals surface area contributed by atoms with Crippen molar-refractivity contribution in [3.63, 3.8) is 0 Å². The Morgan fingerprint density at radius 2 is 1.75 bits per heavy atom. The van der Waals surface area contributed by atoms with Crippen molar-refractivity contribution in [3.8, 4) is 11.4 Å². The van der Waals surface area contributed by atoms with E-state index in [2.05, 4.69) is 36.6 Å². The highest BCUT2D eigenvalue weighted by atomic mass is 16.5. The lowest BCUT2D eigenvalue weighted by atomic mass is 10.1. The first kappa shape index (κ1) is 16.1. The summed E-state index contributed by atoms with van der Waals surface area (Å²) >= 11 is 0. The van der Waals surface area contributed by atoms with E-state index < -0.39 is 0 Å². The van der Waals surface area contributed by atoms with Gasteiger partial charge in [0, 0.05) is 30.7 Å². The molecule has 2 N–H and O–H groups in total. The van der Waals surface area contributed by atoms with E-state index in [4.69, 9.17) is 10.6 Å². The number of hydrazine groups is 1. The molecule has 0 atom stereocenters. The summed E-state index contributed by atoms with van der Waals surface area (Å²) in [6.45, 7) is 4.64. The maximum absolute atomic E-state index is 6.08. The zero-order valence-electron chi connectivity index (χ0n) is 14.4. The zero-order valence-corrected chi connectivity index (χ0v) is 14.4. The van der Waals surface area contributed by atoms with Gasteiger partial charge in [-0.05, 0) is 61.4 Å². The molecule has 3 aromatic rings. The maximum Gasteiger partial charge on any atom is 0.122 e. The third-order valence-corrected chi connectivity index (χ3v) is 4.20. The van der Waals surface area contributed by atoms with Crippen molar-refractivity contribution in [1.29, 1.82) is 0 Å². The van der Waals surface area contributed by atoms with Gasteiger partial charge in [0.15, 0.2) is 0 Å². The summed E-state index contributed by atoms with van der Waals surface area (Å²) in [5.41, 5.74) is 5.50. The van der Waals surface area contributed by atoms with Gasteiger partial charge in [0.1, 0.15) is 12.4 Å². The minimum absolute atomic E-state index is 0.493. The number of nitrogens with zero attached hydrogens (tertiary/aromatic N) is 2. The molecule has 0 aliphatic rings. The molecule has 0 saturated heterocycles. The lowest BCUT2D eigenvalue weighted by Gasteiger charge is -2.20. The molecular formula is C20H23N3O. The Balaban J connectivity index is 1.81. The summed E-state index contributed by atoms with van der Waals surface area (Å²) in [5, 5.41) is 1.63. The average molecular weight is 321 g/mol. The number of rotatable bonds is 5. The second kappa shape index (κ2) is 6.81. The molecule has 24 heavy (non-hydrogen) atoms. The van der Waals surface area contributed by atoms with Crippen molar-refractivity contribution in [2.75, 3.05) is 12.1 Å². The van der Waals surface area contributed by atoms with Gasteiger partial charge in [0.2, 0.25) is 0 Å². The van der Waals surface area contributed by atoms with E-state index in [1.807, 2.05) is 49.8 Å². The highest BCUT2D eigenvalue weighted by Crippen LogP contribution is 2.26. The molecule has 0 unspecified atom stereocenters. The molecule has 0 aliphatic carbocycles. The number of ether oxygens (including phenoxy) is 1. The van der Waals surface area contributed by atoms with Crippen LogP contribution in [0.2, 0.25) is 0 Å². The molecule has 0 aliphatic heterocycles. The van der Waals surface area contributed by atoms with Crippen LogP contribution in [-0.4, -0.2) is 11.6 Å². The standard InChI is InChI=1S/C20H23N3O/c1-15-7-6-8-19(22(3)21)18(15)14-24-20-10-9-17(13-16(20)2)23-11-4-5-12-23/h4-13H,14,21H2,1-3H3. The van der Waals surface area contributed by atoms with Crippen LogP contribution in [0.15, 0.2) is 60.9 Å². The van der Waals surface area contributed by atoms with Crippen molar-refractivity contribution in [3.05, 3.63) is 77.6 Å². The van der Waals surface area contributed by atoms with Gasteiger partial charge in [-0.2, -0.15) is 0 Å². The number of anilines is 1. The fraction of sp³-hybridized carbons (Fsp3) is 0.200. The van der Waals surface area contributed by atoms with Gasteiger partial charge in [-0.15, -0.1) is 0 Å². The Labute approximate surface area is 143 Å². The van der Waals surface area contributed by atoms with Gasteiger partial charge in [0.25, 0.3) is 0 Å². The van der Waals surface area contributed by atoms with Gasteiger partial charge >= 0.3 is 0 Å². The van der Waals surface area contributed by atoms with Crippen LogP contribution in [0.5, 0.6) is 5.75 Å². The van der Waals surface area contributed by atoms with Crippen molar-refractivity contribution >= 4 is 5.69 Å². The number of aromatic nitrogens is 1. The summed E-state index contributed by atoms with van der Waals surface area (Å²) in [6, 6.07) is 16.3. The van der Waals surface area contributed by atoms with E-state index in [1.54, 1.807) is 5.01 Å². The number of hydrogen-bond donors (Lipinski definition) is 1. The SMILES string of the molecule is Cc1cc(-n2cccc2)ccc1OCc1c(C)cccc1N(C)N. The third kappa shape index (κ3) is 3.29. The fourth-order valence-electron chi connectivity index (χ4n) is 2.82. The van der Waals surface area contributed by atoms with E-state index in [9.17, 15) is 0 Å². The highest BCUT2D eigenvalue weighted by Gasteiger charge is 2.10. The van der Waals surface area contributed by atoms with E-state index >= 15 is 0 Å². The first-order valence-corrected chi connectivity index (χ1v) is 8.00. The Hall–Kier alpha value is -2.72. The summed E-state index contributed by atoms with van der Waals surface area (Å²) in [6.07, 6.45) is 4.07. The Bertz CT molecular complexity index is 823. The van der Waals surface area contributed by atoms with Crippen molar-refractivity contribution in [2.45, 2.75) is 20.5 Å². The van der Waals surface area contributed by atoms with E-state index in [-0.39, 0.29) is 0 Å². The van der Waals surface area contributed by atoms with Gasteiger partial charge < -0.3 is 14.3 Å². The number of nitrogens with two attached hydrogens (primary N) is 1. The second-order valence-corrected chi connectivity index (χ2v) is 6.01. The molecule has 4 heteroatoms. The van der Waals surface area contributed by atoms with Gasteiger partial charge in [-0.1, -0.05) is 12.1 Å². The predicted octanol–water partition coefficient (Wildman–Crippen LogP) is 3.98. The summed E-state index contributed by atoms with van der Waals surface area (Å²) in [5.74, 6) is 6.82. The van der Waals surface area contributed by atoms with Crippen molar-refractivity contribution in [1.82, 2.24) is 4.57 Å². The first-order chi connectivity index (χ1) is 11.6. The quantitative estimate of drug-likeness (QED) is 0.571. The molecule has 2 aromatic carbocycles. The molecule has 0 radical (unpaired) electrons. The van der Waals surface area contributed by atoms with Gasteiger partial charge in [0.05, 0.1) is 5.69 Å². The van der Waals surface area contributed by atoms with E-state index in [1.165, 1.54) is 5.56 Å². The van der Waals surface area contributed by atoms with Crippen LogP contribution in [0.1, 0.15) is 16.7 Å². The number of hydrogen-bond acceptors (Lipinski definition) is 3. The molecular weight excluding hydrogens is 298 g/mol. The molecule has 0 spiro atoms. The van der Waals surface area contributed by atoms with Gasteiger partial charge in [-0.3, -0.25) is 0 Å². The Morgan fingerprint density at radius 1 is 1.00 bits per heavy atom. The molecule has 0 amide bonds. The first-order valence-electron chi connectivity index (χ1n) is 8.00. The summed E-state index contributed by atoms with van der Waals surface area (Å²) < 4.78 is 8.16. The normalized spacial score (nSPS) is 10.7. The second-order valence-electron chi connectivity index (χ2n) is 6.01. The minimum Gasteiger partial charge on any atom is -0.489 e. The molecule has 1 heterocycles. The Kier molecular flexibility index (Phi) is 4.58. The highest BCUT2D eigenvalue weighted by molar-refractivity contribution is 5.55. The third-order valence-electron chi connectivity index (χ3n) is 4.20. The molecule has 0 saturated carbocycles. The van der Waals surface area contributed by atoms with Crippen LogP contribution in [-0.2, 0) is 6.61 Å². The monoisotopic (exact) mass is 321 g/mol. The Morgan fingerprint density at radius 3 is 2.42 bits per heavy atom. The number of aryl methyl sites for hydroxylation is 2.